The lowest BCUT2D eigenvalue weighted by Gasteiger charge is -2.18. The van der Waals surface area contributed by atoms with Gasteiger partial charge in [-0.25, -0.2) is 9.18 Å². The molecule has 0 radical (unpaired) electrons. The van der Waals surface area contributed by atoms with Crippen molar-refractivity contribution in [2.24, 2.45) is 0 Å². The number of hydrogen-bond donors (Lipinski definition) is 4. The average molecular weight is 288 g/mol. The molecule has 0 aliphatic rings. The van der Waals surface area contributed by atoms with Crippen LogP contribution in [0, 0.1) is 15.9 Å². The molecule has 1 rings (SSSR count). The van der Waals surface area contributed by atoms with Gasteiger partial charge in [0.1, 0.15) is 17.5 Å². The van der Waals surface area contributed by atoms with Crippen molar-refractivity contribution in [3.8, 4) is 0 Å². The Labute approximate surface area is 112 Å². The predicted molar refractivity (Wildman–Crippen MR) is 64.9 cm³/mol. The van der Waals surface area contributed by atoms with E-state index in [1.165, 1.54) is 7.05 Å². The van der Waals surface area contributed by atoms with Gasteiger partial charge in [0.15, 0.2) is 0 Å². The standard InChI is InChI=1S/C11H13FN2O6/c1-13-4-9(15)10(16)5-3-8(14(19)20)6(11(17)18)2-7(5)12/h2-3,9-10,13,15-16H,4H2,1H3,(H,17,18). The number of nitro benzene ring substituents is 1. The smallest absolute Gasteiger partial charge is 0.342 e. The Balaban J connectivity index is 3.32. The van der Waals surface area contributed by atoms with Gasteiger partial charge in [-0.2, -0.15) is 0 Å². The third-order valence-corrected chi connectivity index (χ3v) is 2.64. The Morgan fingerprint density at radius 1 is 1.50 bits per heavy atom. The van der Waals surface area contributed by atoms with Crippen LogP contribution in [0.5, 0.6) is 0 Å². The van der Waals surface area contributed by atoms with Gasteiger partial charge in [0.25, 0.3) is 5.69 Å². The summed E-state index contributed by atoms with van der Waals surface area (Å²) in [4.78, 5) is 20.6. The Kier molecular flexibility index (Phi) is 5.08. The number of aliphatic hydroxyl groups excluding tert-OH is 2. The summed E-state index contributed by atoms with van der Waals surface area (Å²) in [6.07, 6.45) is -3.12. The first-order chi connectivity index (χ1) is 9.29. The number of benzene rings is 1. The third kappa shape index (κ3) is 3.26. The Morgan fingerprint density at radius 2 is 2.10 bits per heavy atom. The predicted octanol–water partition coefficient (Wildman–Crippen LogP) is 0.0458. The van der Waals surface area contributed by atoms with Crippen LogP contribution >= 0.6 is 0 Å². The maximum atomic E-state index is 13.7. The van der Waals surface area contributed by atoms with Gasteiger partial charge in [-0.1, -0.05) is 0 Å². The molecule has 0 aliphatic carbocycles. The van der Waals surface area contributed by atoms with E-state index in [0.717, 1.165) is 0 Å². The maximum Gasteiger partial charge on any atom is 0.342 e. The number of likely N-dealkylation sites (N-methyl/N-ethyl adjacent to an activating group) is 1. The number of aromatic carboxylic acids is 1. The molecule has 1 aromatic carbocycles. The Morgan fingerprint density at radius 3 is 2.55 bits per heavy atom. The highest BCUT2D eigenvalue weighted by atomic mass is 19.1. The van der Waals surface area contributed by atoms with Crippen molar-refractivity contribution >= 4 is 11.7 Å². The molecule has 2 atom stereocenters. The summed E-state index contributed by atoms with van der Waals surface area (Å²) in [6.45, 7) is -0.0743. The number of rotatable bonds is 6. The van der Waals surface area contributed by atoms with Crippen LogP contribution in [-0.2, 0) is 0 Å². The van der Waals surface area contributed by atoms with E-state index < -0.39 is 45.7 Å². The van der Waals surface area contributed by atoms with Gasteiger partial charge in [-0.15, -0.1) is 0 Å². The zero-order valence-electron chi connectivity index (χ0n) is 10.4. The number of carbonyl (C=O) groups is 1. The topological polar surface area (TPSA) is 133 Å². The fraction of sp³-hybridized carbons (Fsp3) is 0.364. The summed E-state index contributed by atoms with van der Waals surface area (Å²) < 4.78 is 13.7. The number of nitro groups is 1. The van der Waals surface area contributed by atoms with Crippen LogP contribution in [0.15, 0.2) is 12.1 Å². The van der Waals surface area contributed by atoms with Crippen LogP contribution in [0.4, 0.5) is 10.1 Å². The lowest BCUT2D eigenvalue weighted by atomic mass is 10.0. The summed E-state index contributed by atoms with van der Waals surface area (Å²) in [5.41, 5.74) is -2.22. The molecule has 0 fully saturated rings. The van der Waals surface area contributed by atoms with E-state index in [2.05, 4.69) is 5.32 Å². The van der Waals surface area contributed by atoms with E-state index in [0.29, 0.717) is 12.1 Å². The second-order valence-electron chi connectivity index (χ2n) is 4.02. The molecule has 0 saturated carbocycles. The van der Waals surface area contributed by atoms with Gasteiger partial charge in [-0.3, -0.25) is 10.1 Å². The Hall–Kier alpha value is -2.10. The molecule has 0 spiro atoms. The summed E-state index contributed by atoms with van der Waals surface area (Å²) in [7, 11) is 1.49. The van der Waals surface area contributed by atoms with Crippen LogP contribution in [0.25, 0.3) is 0 Å². The van der Waals surface area contributed by atoms with Gasteiger partial charge in [0, 0.05) is 18.2 Å². The first-order valence-electron chi connectivity index (χ1n) is 5.51. The normalized spacial score (nSPS) is 13.8. The number of carboxylic acids is 1. The molecular formula is C11H13FN2O6. The monoisotopic (exact) mass is 288 g/mol. The molecule has 8 nitrogen and oxygen atoms in total. The van der Waals surface area contributed by atoms with E-state index in [1.54, 1.807) is 0 Å². The highest BCUT2D eigenvalue weighted by molar-refractivity contribution is 5.92. The molecule has 4 N–H and O–H groups in total. The van der Waals surface area contributed by atoms with Crippen LogP contribution < -0.4 is 5.32 Å². The first kappa shape index (κ1) is 16.0. The summed E-state index contributed by atoms with van der Waals surface area (Å²) >= 11 is 0. The lowest BCUT2D eigenvalue weighted by Crippen LogP contribution is -2.30. The largest absolute Gasteiger partial charge is 0.477 e. The highest BCUT2D eigenvalue weighted by Crippen LogP contribution is 2.28. The van der Waals surface area contributed by atoms with Crippen LogP contribution in [0.2, 0.25) is 0 Å². The van der Waals surface area contributed by atoms with Crippen molar-refractivity contribution in [1.29, 1.82) is 0 Å². The minimum atomic E-state index is -1.72. The quantitative estimate of drug-likeness (QED) is 0.429. The van der Waals surface area contributed by atoms with Crippen molar-refractivity contribution in [2.45, 2.75) is 12.2 Å². The van der Waals surface area contributed by atoms with E-state index in [4.69, 9.17) is 5.11 Å². The van der Waals surface area contributed by atoms with E-state index in [-0.39, 0.29) is 6.54 Å². The lowest BCUT2D eigenvalue weighted by molar-refractivity contribution is -0.385. The minimum Gasteiger partial charge on any atom is -0.477 e. The molecule has 0 bridgehead atoms. The molecule has 0 saturated heterocycles. The molecule has 110 valence electrons. The van der Waals surface area contributed by atoms with E-state index in [1.807, 2.05) is 0 Å². The minimum absolute atomic E-state index is 0.0743. The highest BCUT2D eigenvalue weighted by Gasteiger charge is 2.28. The number of hydrogen-bond acceptors (Lipinski definition) is 6. The summed E-state index contributed by atoms with van der Waals surface area (Å²) in [5, 5.41) is 41.4. The van der Waals surface area contributed by atoms with Gasteiger partial charge in [-0.05, 0) is 13.1 Å². The molecule has 0 heterocycles. The van der Waals surface area contributed by atoms with Gasteiger partial charge in [0.2, 0.25) is 0 Å². The number of aliphatic hydroxyl groups is 2. The van der Waals surface area contributed by atoms with Crippen LogP contribution in [-0.4, -0.2) is 45.9 Å². The zero-order chi connectivity index (χ0) is 15.4. The van der Waals surface area contributed by atoms with Crippen molar-refractivity contribution in [3.05, 3.63) is 39.2 Å². The Bertz CT molecular complexity index is 536. The van der Waals surface area contributed by atoms with E-state index in [9.17, 15) is 29.5 Å². The third-order valence-electron chi connectivity index (χ3n) is 2.64. The SMILES string of the molecule is CNCC(O)C(O)c1cc([N+](=O)[O-])c(C(=O)O)cc1F. The van der Waals surface area contributed by atoms with Gasteiger partial charge >= 0.3 is 5.97 Å². The van der Waals surface area contributed by atoms with Crippen molar-refractivity contribution in [2.75, 3.05) is 13.6 Å². The van der Waals surface area contributed by atoms with Crippen molar-refractivity contribution in [3.63, 3.8) is 0 Å². The maximum absolute atomic E-state index is 13.7. The molecule has 0 aromatic heterocycles. The molecule has 9 heteroatoms. The van der Waals surface area contributed by atoms with Crippen LogP contribution in [0.1, 0.15) is 22.0 Å². The number of carboxylic acid groups (broad SMARTS) is 1. The zero-order valence-corrected chi connectivity index (χ0v) is 10.4. The summed E-state index contributed by atoms with van der Waals surface area (Å²) in [5.74, 6) is -2.80. The number of nitrogens with zero attached hydrogens (tertiary/aromatic N) is 1. The fourth-order valence-electron chi connectivity index (χ4n) is 1.66. The molecule has 0 aliphatic heterocycles. The second-order valence-corrected chi connectivity index (χ2v) is 4.02. The molecule has 1 aromatic rings. The number of halogens is 1. The van der Waals surface area contributed by atoms with Crippen molar-refractivity contribution in [1.82, 2.24) is 5.32 Å². The van der Waals surface area contributed by atoms with Crippen LogP contribution in [0.3, 0.4) is 0 Å². The summed E-state index contributed by atoms with van der Waals surface area (Å²) in [6, 6.07) is 1.06. The number of nitrogens with one attached hydrogen (secondary N) is 1. The van der Waals surface area contributed by atoms with E-state index >= 15 is 0 Å². The molecule has 2 unspecified atom stereocenters. The fourth-order valence-corrected chi connectivity index (χ4v) is 1.66. The van der Waals surface area contributed by atoms with Gasteiger partial charge in [0.05, 0.1) is 11.0 Å². The first-order valence-corrected chi connectivity index (χ1v) is 5.51. The van der Waals surface area contributed by atoms with Crippen molar-refractivity contribution < 1.29 is 29.4 Å². The molecular weight excluding hydrogens is 275 g/mol. The molecule has 0 amide bonds. The second kappa shape index (κ2) is 6.37. The average Bonchev–Trinajstić information content (AvgIpc) is 2.37. The van der Waals surface area contributed by atoms with Gasteiger partial charge < -0.3 is 20.6 Å². The molecule has 20 heavy (non-hydrogen) atoms.